The maximum atomic E-state index is 13.4. The summed E-state index contributed by atoms with van der Waals surface area (Å²) in [5.41, 5.74) is 4.30. The second-order valence-corrected chi connectivity index (χ2v) is 10.7. The Bertz CT molecular complexity index is 1330. The number of benzene rings is 2. The Morgan fingerprint density at radius 1 is 0.975 bits per heavy atom. The van der Waals surface area contributed by atoms with Crippen LogP contribution >= 0.6 is 0 Å². The number of carbonyl (C=O) groups excluding carboxylic acids is 4. The van der Waals surface area contributed by atoms with Crippen LogP contribution in [0.15, 0.2) is 54.6 Å². The van der Waals surface area contributed by atoms with Crippen LogP contribution in [-0.4, -0.2) is 58.6 Å². The molecule has 1 saturated heterocycles. The number of rotatable bonds is 13. The number of nitrogens with zero attached hydrogens (tertiary/aromatic N) is 1. The normalized spacial score (nSPS) is 15.7. The predicted molar refractivity (Wildman–Crippen MR) is 157 cm³/mol. The lowest BCUT2D eigenvalue weighted by molar-refractivity contribution is -0.138. The average Bonchev–Trinajstić information content (AvgIpc) is 3.58. The molecule has 0 bridgehead atoms. The molecule has 0 spiro atoms. The van der Waals surface area contributed by atoms with Gasteiger partial charge in [-0.25, -0.2) is 0 Å². The molecule has 8 heteroatoms. The van der Waals surface area contributed by atoms with Crippen LogP contribution in [0.4, 0.5) is 0 Å². The quantitative estimate of drug-likeness (QED) is 0.275. The van der Waals surface area contributed by atoms with Crippen LogP contribution in [-0.2, 0) is 25.6 Å². The van der Waals surface area contributed by atoms with Crippen LogP contribution in [0.3, 0.4) is 0 Å². The average molecular weight is 545 g/mol. The van der Waals surface area contributed by atoms with Crippen molar-refractivity contribution in [3.8, 4) is 11.3 Å². The summed E-state index contributed by atoms with van der Waals surface area (Å²) in [5.74, 6) is -0.482. The van der Waals surface area contributed by atoms with Gasteiger partial charge in [0, 0.05) is 43.0 Å². The van der Waals surface area contributed by atoms with Crippen molar-refractivity contribution in [1.29, 1.82) is 0 Å². The highest BCUT2D eigenvalue weighted by atomic mass is 16.2. The minimum Gasteiger partial charge on any atom is -0.354 e. The number of para-hydroxylation sites is 1. The van der Waals surface area contributed by atoms with E-state index < -0.39 is 12.1 Å². The lowest BCUT2D eigenvalue weighted by Gasteiger charge is -2.25. The van der Waals surface area contributed by atoms with Crippen LogP contribution < -0.4 is 10.6 Å². The molecule has 0 unspecified atom stereocenters. The number of hydrogen-bond acceptors (Lipinski definition) is 4. The molecule has 212 valence electrons. The number of H-pyrrole nitrogens is 1. The summed E-state index contributed by atoms with van der Waals surface area (Å²) in [5, 5.41) is 7.11. The molecule has 1 aliphatic rings. The molecule has 1 aromatic heterocycles. The molecule has 3 aromatic rings. The summed E-state index contributed by atoms with van der Waals surface area (Å²) in [6, 6.07) is 17.1. The van der Waals surface area contributed by atoms with Gasteiger partial charge in [-0.2, -0.15) is 0 Å². The molecule has 8 nitrogen and oxygen atoms in total. The molecule has 3 amide bonds. The van der Waals surface area contributed by atoms with Gasteiger partial charge in [-0.1, -0.05) is 61.4 Å². The van der Waals surface area contributed by atoms with Crippen LogP contribution in [0, 0.1) is 0 Å². The zero-order valence-electron chi connectivity index (χ0n) is 23.5. The van der Waals surface area contributed by atoms with Gasteiger partial charge in [-0.15, -0.1) is 0 Å². The monoisotopic (exact) mass is 544 g/mol. The van der Waals surface area contributed by atoms with Crippen molar-refractivity contribution in [2.24, 2.45) is 0 Å². The van der Waals surface area contributed by atoms with Gasteiger partial charge in [-0.05, 0) is 56.2 Å². The zero-order valence-corrected chi connectivity index (χ0v) is 23.5. The number of Topliss-reactive ketones (excluding diaryl/α,β-unsaturated/α-hetero) is 1. The molecule has 0 aliphatic carbocycles. The first-order valence-electron chi connectivity index (χ1n) is 14.3. The van der Waals surface area contributed by atoms with E-state index in [1.807, 2.05) is 30.3 Å². The Morgan fingerprint density at radius 3 is 2.48 bits per heavy atom. The minimum absolute atomic E-state index is 0.129. The van der Waals surface area contributed by atoms with Crippen LogP contribution in [0.5, 0.6) is 0 Å². The number of hydrogen-bond donors (Lipinski definition) is 3. The summed E-state index contributed by atoms with van der Waals surface area (Å²) in [6.07, 6.45) is 5.28. The number of ketones is 1. The summed E-state index contributed by atoms with van der Waals surface area (Å²) < 4.78 is 0. The number of aromatic nitrogens is 1. The Labute approximate surface area is 235 Å². The maximum Gasteiger partial charge on any atom is 0.243 e. The van der Waals surface area contributed by atoms with Gasteiger partial charge in [-0.3, -0.25) is 14.4 Å². The van der Waals surface area contributed by atoms with E-state index in [1.165, 1.54) is 6.92 Å². The number of carbonyl (C=O) groups is 4. The molecule has 0 saturated carbocycles. The molecule has 2 aromatic carbocycles. The Kier molecular flexibility index (Phi) is 10.1. The van der Waals surface area contributed by atoms with Gasteiger partial charge in [0.25, 0.3) is 0 Å². The second kappa shape index (κ2) is 13.9. The Balaban J connectivity index is 1.43. The van der Waals surface area contributed by atoms with E-state index in [2.05, 4.69) is 39.9 Å². The number of aromatic amines is 1. The highest BCUT2D eigenvalue weighted by Crippen LogP contribution is 2.30. The Hall–Kier alpha value is -3.94. The second-order valence-electron chi connectivity index (χ2n) is 10.7. The standard InChI is InChI=1S/C32H40N4O4/c1-22(37)12-5-3-8-17-28(35-32(40)29-18-11-21-36(29)23(2)38)31(39)33-20-19-26-25-15-9-10-16-27(25)34-30(26)24-13-6-4-7-14-24/h4,6-7,9-10,13-16,28-29,34H,3,5,8,11-12,17-21H2,1-2H3,(H,33,39)(H,35,40)/t28-,29-/m0/s1. The van der Waals surface area contributed by atoms with Crippen molar-refractivity contribution in [3.63, 3.8) is 0 Å². The SMILES string of the molecule is CC(=O)CCCCC[C@H](NC(=O)[C@@H]1CCCN1C(C)=O)C(=O)NCCc1c(-c2ccccc2)[nH]c2ccccc12. The van der Waals surface area contributed by atoms with Crippen LogP contribution in [0.2, 0.25) is 0 Å². The zero-order chi connectivity index (χ0) is 28.5. The van der Waals surface area contributed by atoms with E-state index in [1.54, 1.807) is 11.8 Å². The fourth-order valence-corrected chi connectivity index (χ4v) is 5.60. The first-order chi connectivity index (χ1) is 19.3. The van der Waals surface area contributed by atoms with Crippen molar-refractivity contribution < 1.29 is 19.2 Å². The Morgan fingerprint density at radius 2 is 1.73 bits per heavy atom. The third-order valence-electron chi connectivity index (χ3n) is 7.66. The fourth-order valence-electron chi connectivity index (χ4n) is 5.60. The minimum atomic E-state index is -0.698. The van der Waals surface area contributed by atoms with Gasteiger partial charge in [0.1, 0.15) is 17.9 Å². The molecular formula is C32H40N4O4. The van der Waals surface area contributed by atoms with E-state index in [4.69, 9.17) is 0 Å². The van der Waals surface area contributed by atoms with E-state index in [9.17, 15) is 19.2 Å². The molecule has 2 atom stereocenters. The van der Waals surface area contributed by atoms with Gasteiger partial charge >= 0.3 is 0 Å². The van der Waals surface area contributed by atoms with Crippen LogP contribution in [0.1, 0.15) is 64.4 Å². The maximum absolute atomic E-state index is 13.4. The van der Waals surface area contributed by atoms with Crippen molar-refractivity contribution in [2.75, 3.05) is 13.1 Å². The van der Waals surface area contributed by atoms with E-state index in [0.29, 0.717) is 45.2 Å². The summed E-state index contributed by atoms with van der Waals surface area (Å²) in [6.45, 7) is 4.03. The van der Waals surface area contributed by atoms with E-state index >= 15 is 0 Å². The number of unbranched alkanes of at least 4 members (excludes halogenated alkanes) is 2. The van der Waals surface area contributed by atoms with Crippen molar-refractivity contribution in [3.05, 3.63) is 60.2 Å². The molecule has 3 N–H and O–H groups in total. The molecule has 1 aliphatic heterocycles. The first-order valence-corrected chi connectivity index (χ1v) is 14.3. The number of nitrogens with one attached hydrogen (secondary N) is 3. The van der Waals surface area contributed by atoms with E-state index in [-0.39, 0.29) is 23.5 Å². The third-order valence-corrected chi connectivity index (χ3v) is 7.66. The summed E-state index contributed by atoms with van der Waals surface area (Å²) in [7, 11) is 0. The molecular weight excluding hydrogens is 504 g/mol. The third kappa shape index (κ3) is 7.37. The predicted octanol–water partition coefficient (Wildman–Crippen LogP) is 4.53. The highest BCUT2D eigenvalue weighted by Gasteiger charge is 2.34. The summed E-state index contributed by atoms with van der Waals surface area (Å²) in [4.78, 5) is 54.9. The van der Waals surface area contributed by atoms with Crippen molar-refractivity contribution in [2.45, 2.75) is 77.3 Å². The van der Waals surface area contributed by atoms with Gasteiger partial charge in [0.05, 0.1) is 0 Å². The van der Waals surface area contributed by atoms with Gasteiger partial charge in [0.2, 0.25) is 17.7 Å². The fraction of sp³-hybridized carbons (Fsp3) is 0.438. The van der Waals surface area contributed by atoms with Gasteiger partial charge in [0.15, 0.2) is 0 Å². The smallest absolute Gasteiger partial charge is 0.243 e. The van der Waals surface area contributed by atoms with Crippen molar-refractivity contribution >= 4 is 34.4 Å². The molecule has 4 rings (SSSR count). The first kappa shape index (κ1) is 29.1. The summed E-state index contributed by atoms with van der Waals surface area (Å²) >= 11 is 0. The lowest BCUT2D eigenvalue weighted by atomic mass is 10.0. The van der Waals surface area contributed by atoms with Gasteiger partial charge < -0.3 is 25.3 Å². The largest absolute Gasteiger partial charge is 0.354 e. The lowest BCUT2D eigenvalue weighted by Crippen LogP contribution is -2.53. The molecule has 2 heterocycles. The van der Waals surface area contributed by atoms with E-state index in [0.717, 1.165) is 47.0 Å². The van der Waals surface area contributed by atoms with Crippen LogP contribution in [0.25, 0.3) is 22.2 Å². The number of fused-ring (bicyclic) bond motifs is 1. The van der Waals surface area contributed by atoms with Crippen molar-refractivity contribution in [1.82, 2.24) is 20.5 Å². The molecule has 1 fully saturated rings. The number of amides is 3. The molecule has 40 heavy (non-hydrogen) atoms. The highest BCUT2D eigenvalue weighted by molar-refractivity contribution is 5.93. The topological polar surface area (TPSA) is 111 Å². The number of likely N-dealkylation sites (tertiary alicyclic amines) is 1. The molecule has 0 radical (unpaired) electrons.